The highest BCUT2D eigenvalue weighted by Crippen LogP contribution is 2.48. The lowest BCUT2D eigenvalue weighted by Crippen LogP contribution is -2.36. The Balaban J connectivity index is 1.79. The van der Waals surface area contributed by atoms with Crippen molar-refractivity contribution in [3.05, 3.63) is 59.2 Å². The standard InChI is InChI=1S/C22H23N3O2/c1-14(2)18-9-4-6-15(3)19(18)25-21(27)22(10-11-22)20(26)24-17-8-5-7-16(12-17)13-23/h4-9,12,14H,10-11H2,1-3H3,(H,24,26)(H,25,27). The van der Waals surface area contributed by atoms with Crippen molar-refractivity contribution < 1.29 is 9.59 Å². The maximum Gasteiger partial charge on any atom is 0.240 e. The Hall–Kier alpha value is -3.13. The first-order chi connectivity index (χ1) is 12.9. The Morgan fingerprint density at radius 2 is 1.74 bits per heavy atom. The fraction of sp³-hybridized carbons (Fsp3) is 0.318. The fourth-order valence-electron chi connectivity index (χ4n) is 3.17. The molecule has 0 heterocycles. The summed E-state index contributed by atoms with van der Waals surface area (Å²) in [6, 6.07) is 14.7. The van der Waals surface area contributed by atoms with Crippen LogP contribution in [0, 0.1) is 23.7 Å². The van der Waals surface area contributed by atoms with Crippen molar-refractivity contribution in [2.75, 3.05) is 10.6 Å². The first-order valence-corrected chi connectivity index (χ1v) is 9.10. The second kappa shape index (κ2) is 7.24. The molecule has 0 bridgehead atoms. The van der Waals surface area contributed by atoms with E-state index in [1.807, 2.05) is 31.2 Å². The number of rotatable bonds is 5. The second-order valence-corrected chi connectivity index (χ2v) is 7.38. The molecule has 1 aliphatic carbocycles. The molecule has 2 aromatic rings. The van der Waals surface area contributed by atoms with E-state index < -0.39 is 5.41 Å². The summed E-state index contributed by atoms with van der Waals surface area (Å²) in [5.41, 5.74) is 2.77. The van der Waals surface area contributed by atoms with E-state index >= 15 is 0 Å². The summed E-state index contributed by atoms with van der Waals surface area (Å²) >= 11 is 0. The number of nitriles is 1. The van der Waals surface area contributed by atoms with Crippen LogP contribution in [0.15, 0.2) is 42.5 Å². The van der Waals surface area contributed by atoms with Crippen molar-refractivity contribution in [3.63, 3.8) is 0 Å². The average Bonchev–Trinajstić information content (AvgIpc) is 3.45. The first-order valence-electron chi connectivity index (χ1n) is 9.10. The van der Waals surface area contributed by atoms with Gasteiger partial charge in [-0.05, 0) is 55.0 Å². The van der Waals surface area contributed by atoms with Crippen LogP contribution in [0.25, 0.3) is 0 Å². The highest BCUT2D eigenvalue weighted by molar-refractivity contribution is 6.17. The van der Waals surface area contributed by atoms with Crippen LogP contribution in [0.4, 0.5) is 11.4 Å². The van der Waals surface area contributed by atoms with E-state index in [4.69, 9.17) is 5.26 Å². The van der Waals surface area contributed by atoms with Gasteiger partial charge >= 0.3 is 0 Å². The van der Waals surface area contributed by atoms with Gasteiger partial charge in [-0.3, -0.25) is 9.59 Å². The molecule has 0 aliphatic heterocycles. The summed E-state index contributed by atoms with van der Waals surface area (Å²) in [5, 5.41) is 14.8. The van der Waals surface area contributed by atoms with Crippen LogP contribution in [-0.4, -0.2) is 11.8 Å². The number of para-hydroxylation sites is 1. The SMILES string of the molecule is Cc1cccc(C(C)C)c1NC(=O)C1(C(=O)Nc2cccc(C#N)c2)CC1. The molecular weight excluding hydrogens is 338 g/mol. The van der Waals surface area contributed by atoms with E-state index in [1.54, 1.807) is 24.3 Å². The predicted molar refractivity (Wildman–Crippen MR) is 105 cm³/mol. The van der Waals surface area contributed by atoms with Crippen molar-refractivity contribution >= 4 is 23.2 Å². The number of hydrogen-bond donors (Lipinski definition) is 2. The van der Waals surface area contributed by atoms with Crippen LogP contribution in [0.5, 0.6) is 0 Å². The Kier molecular flexibility index (Phi) is 5.00. The minimum atomic E-state index is -1.04. The van der Waals surface area contributed by atoms with Gasteiger partial charge in [-0.25, -0.2) is 0 Å². The van der Waals surface area contributed by atoms with Crippen LogP contribution >= 0.6 is 0 Å². The number of benzene rings is 2. The highest BCUT2D eigenvalue weighted by atomic mass is 16.2. The summed E-state index contributed by atoms with van der Waals surface area (Å²) in [4.78, 5) is 25.7. The van der Waals surface area contributed by atoms with Gasteiger partial charge in [0, 0.05) is 11.4 Å². The molecule has 1 aliphatic rings. The van der Waals surface area contributed by atoms with E-state index in [0.29, 0.717) is 24.1 Å². The van der Waals surface area contributed by atoms with E-state index in [1.165, 1.54) is 0 Å². The van der Waals surface area contributed by atoms with E-state index in [0.717, 1.165) is 16.8 Å². The van der Waals surface area contributed by atoms with Gasteiger partial charge in [0.05, 0.1) is 11.6 Å². The van der Waals surface area contributed by atoms with Crippen LogP contribution in [0.2, 0.25) is 0 Å². The zero-order valence-electron chi connectivity index (χ0n) is 15.8. The molecule has 1 fully saturated rings. The van der Waals surface area contributed by atoms with Crippen molar-refractivity contribution in [3.8, 4) is 6.07 Å². The normalized spacial score (nSPS) is 14.3. The van der Waals surface area contributed by atoms with Crippen LogP contribution in [-0.2, 0) is 9.59 Å². The largest absolute Gasteiger partial charge is 0.325 e. The van der Waals surface area contributed by atoms with Crippen LogP contribution in [0.3, 0.4) is 0 Å². The number of carbonyl (C=O) groups is 2. The van der Waals surface area contributed by atoms with Gasteiger partial charge in [0.25, 0.3) is 0 Å². The molecule has 138 valence electrons. The Morgan fingerprint density at radius 1 is 1.07 bits per heavy atom. The zero-order chi connectivity index (χ0) is 19.6. The van der Waals surface area contributed by atoms with Gasteiger partial charge in [-0.1, -0.05) is 38.1 Å². The quantitative estimate of drug-likeness (QED) is 0.777. The lowest BCUT2D eigenvalue weighted by molar-refractivity contribution is -0.131. The Morgan fingerprint density at radius 3 is 2.37 bits per heavy atom. The van der Waals surface area contributed by atoms with Crippen molar-refractivity contribution in [1.29, 1.82) is 5.26 Å². The zero-order valence-corrected chi connectivity index (χ0v) is 15.8. The predicted octanol–water partition coefficient (Wildman–Crippen LogP) is 4.35. The Labute approximate surface area is 159 Å². The lowest BCUT2D eigenvalue weighted by atomic mass is 9.97. The molecule has 0 atom stereocenters. The molecule has 0 saturated heterocycles. The topological polar surface area (TPSA) is 82.0 Å². The number of anilines is 2. The van der Waals surface area contributed by atoms with Gasteiger partial charge in [-0.2, -0.15) is 5.26 Å². The Bertz CT molecular complexity index is 937. The molecule has 0 radical (unpaired) electrons. The van der Waals surface area contributed by atoms with Crippen molar-refractivity contribution in [2.24, 2.45) is 5.41 Å². The van der Waals surface area contributed by atoms with E-state index in [9.17, 15) is 9.59 Å². The summed E-state index contributed by atoms with van der Waals surface area (Å²) in [6.45, 7) is 6.10. The summed E-state index contributed by atoms with van der Waals surface area (Å²) < 4.78 is 0. The smallest absolute Gasteiger partial charge is 0.240 e. The molecule has 0 unspecified atom stereocenters. The number of carbonyl (C=O) groups excluding carboxylic acids is 2. The summed E-state index contributed by atoms with van der Waals surface area (Å²) in [5.74, 6) is -0.333. The fourth-order valence-corrected chi connectivity index (χ4v) is 3.17. The summed E-state index contributed by atoms with van der Waals surface area (Å²) in [6.07, 6.45) is 1.04. The summed E-state index contributed by atoms with van der Waals surface area (Å²) in [7, 11) is 0. The molecule has 27 heavy (non-hydrogen) atoms. The van der Waals surface area contributed by atoms with Gasteiger partial charge in [0.15, 0.2) is 0 Å². The van der Waals surface area contributed by atoms with Gasteiger partial charge in [-0.15, -0.1) is 0 Å². The molecule has 0 aromatic heterocycles. The second-order valence-electron chi connectivity index (χ2n) is 7.38. The van der Waals surface area contributed by atoms with E-state index in [-0.39, 0.29) is 17.7 Å². The van der Waals surface area contributed by atoms with Gasteiger partial charge < -0.3 is 10.6 Å². The maximum atomic E-state index is 13.0. The molecule has 2 N–H and O–H groups in total. The molecule has 1 saturated carbocycles. The minimum absolute atomic E-state index is 0.262. The molecule has 3 rings (SSSR count). The van der Waals surface area contributed by atoms with Gasteiger partial charge in [0.2, 0.25) is 11.8 Å². The van der Waals surface area contributed by atoms with Crippen LogP contribution in [0.1, 0.15) is 49.3 Å². The van der Waals surface area contributed by atoms with Gasteiger partial charge in [0.1, 0.15) is 5.41 Å². The number of aryl methyl sites for hydroxylation is 1. The third kappa shape index (κ3) is 3.70. The number of amides is 2. The van der Waals surface area contributed by atoms with Crippen LogP contribution < -0.4 is 10.6 Å². The highest BCUT2D eigenvalue weighted by Gasteiger charge is 2.56. The third-order valence-electron chi connectivity index (χ3n) is 5.03. The monoisotopic (exact) mass is 361 g/mol. The molecule has 5 heteroatoms. The van der Waals surface area contributed by atoms with Crippen molar-refractivity contribution in [2.45, 2.75) is 39.5 Å². The molecule has 0 spiro atoms. The molecular formula is C22H23N3O2. The first kappa shape index (κ1) is 18.7. The number of nitrogens with zero attached hydrogens (tertiary/aromatic N) is 1. The molecule has 5 nitrogen and oxygen atoms in total. The molecule has 2 aromatic carbocycles. The lowest BCUT2D eigenvalue weighted by Gasteiger charge is -2.20. The minimum Gasteiger partial charge on any atom is -0.325 e. The number of hydrogen-bond acceptors (Lipinski definition) is 3. The number of nitrogens with one attached hydrogen (secondary N) is 2. The van der Waals surface area contributed by atoms with Crippen molar-refractivity contribution in [1.82, 2.24) is 0 Å². The average molecular weight is 361 g/mol. The maximum absolute atomic E-state index is 13.0. The molecule has 2 amide bonds. The van der Waals surface area contributed by atoms with E-state index in [2.05, 4.69) is 24.5 Å². The third-order valence-corrected chi connectivity index (χ3v) is 5.03.